The Bertz CT molecular complexity index is 2180. The van der Waals surface area contributed by atoms with Gasteiger partial charge in [-0.05, 0) is 89.0 Å². The third-order valence-electron chi connectivity index (χ3n) is 8.28. The molecule has 0 aliphatic heterocycles. The van der Waals surface area contributed by atoms with E-state index in [9.17, 15) is 0 Å². The van der Waals surface area contributed by atoms with E-state index >= 15 is 0 Å². The minimum Gasteiger partial charge on any atom is -0.309 e. The van der Waals surface area contributed by atoms with Crippen molar-refractivity contribution in [2.24, 2.45) is 0 Å². The summed E-state index contributed by atoms with van der Waals surface area (Å²) in [5.41, 5.74) is 11.5. The monoisotopic (exact) mass is 563 g/mol. The van der Waals surface area contributed by atoms with Gasteiger partial charge in [-0.3, -0.25) is 4.98 Å². The minimum absolute atomic E-state index is 1.02. The van der Waals surface area contributed by atoms with Crippen LogP contribution in [0.15, 0.2) is 176 Å². The predicted octanol–water partition coefficient (Wildman–Crippen LogP) is 11.0. The first-order valence-corrected chi connectivity index (χ1v) is 14.9. The van der Waals surface area contributed by atoms with E-state index in [1.54, 1.807) is 0 Å². The third-order valence-corrected chi connectivity index (χ3v) is 8.28. The summed E-state index contributed by atoms with van der Waals surface area (Å²) in [5.74, 6) is 0. The van der Waals surface area contributed by atoms with E-state index in [1.165, 1.54) is 49.7 Å². The molecule has 8 aromatic rings. The first-order valence-electron chi connectivity index (χ1n) is 14.9. The van der Waals surface area contributed by atoms with Gasteiger partial charge in [0.1, 0.15) is 0 Å². The summed E-state index contributed by atoms with van der Waals surface area (Å²) in [6.45, 7) is 0. The Kier molecular flexibility index (Phi) is 6.47. The molecule has 0 atom stereocenters. The summed E-state index contributed by atoms with van der Waals surface area (Å²) in [6.07, 6.45) is 3.73. The van der Waals surface area contributed by atoms with Crippen molar-refractivity contribution >= 4 is 38.9 Å². The summed E-state index contributed by atoms with van der Waals surface area (Å²) in [4.78, 5) is 6.67. The molecule has 0 fully saturated rings. The lowest BCUT2D eigenvalue weighted by Gasteiger charge is -2.25. The first-order chi connectivity index (χ1) is 21.8. The van der Waals surface area contributed by atoms with Crippen molar-refractivity contribution in [3.05, 3.63) is 176 Å². The van der Waals surface area contributed by atoms with Crippen LogP contribution in [-0.4, -0.2) is 9.55 Å². The zero-order valence-corrected chi connectivity index (χ0v) is 24.1. The molecule has 44 heavy (non-hydrogen) atoms. The van der Waals surface area contributed by atoms with Gasteiger partial charge in [0.15, 0.2) is 0 Å². The molecule has 3 nitrogen and oxygen atoms in total. The summed E-state index contributed by atoms with van der Waals surface area (Å²) in [7, 11) is 0. The smallest absolute Gasteiger partial charge is 0.0644 e. The quantitative estimate of drug-likeness (QED) is 0.201. The van der Waals surface area contributed by atoms with Crippen LogP contribution in [0.4, 0.5) is 17.1 Å². The molecule has 0 N–H and O–H groups in total. The highest BCUT2D eigenvalue weighted by Crippen LogP contribution is 2.38. The Morgan fingerprint density at radius 1 is 0.409 bits per heavy atom. The van der Waals surface area contributed by atoms with Crippen LogP contribution < -0.4 is 4.90 Å². The second-order valence-corrected chi connectivity index (χ2v) is 10.9. The Balaban J connectivity index is 1.18. The zero-order chi connectivity index (χ0) is 29.3. The Morgan fingerprint density at radius 3 is 1.66 bits per heavy atom. The molecule has 0 unspecified atom stereocenters. The van der Waals surface area contributed by atoms with Crippen LogP contribution >= 0.6 is 0 Å². The molecule has 0 bridgehead atoms. The molecular formula is C41H29N3. The molecule has 0 amide bonds. The van der Waals surface area contributed by atoms with E-state index in [-0.39, 0.29) is 0 Å². The molecule has 208 valence electrons. The number of para-hydroxylation sites is 2. The lowest BCUT2D eigenvalue weighted by Crippen LogP contribution is -2.10. The number of pyridine rings is 1. The van der Waals surface area contributed by atoms with E-state index in [0.717, 1.165) is 17.1 Å². The molecule has 8 rings (SSSR count). The second-order valence-electron chi connectivity index (χ2n) is 10.9. The average Bonchev–Trinajstić information content (AvgIpc) is 3.44. The van der Waals surface area contributed by atoms with Gasteiger partial charge in [0.2, 0.25) is 0 Å². The van der Waals surface area contributed by atoms with Gasteiger partial charge >= 0.3 is 0 Å². The lowest BCUT2D eigenvalue weighted by molar-refractivity contribution is 1.18. The predicted molar refractivity (Wildman–Crippen MR) is 184 cm³/mol. The minimum atomic E-state index is 1.02. The maximum atomic E-state index is 4.42. The van der Waals surface area contributed by atoms with Gasteiger partial charge in [0, 0.05) is 34.0 Å². The van der Waals surface area contributed by atoms with Gasteiger partial charge in [-0.2, -0.15) is 0 Å². The fraction of sp³-hybridized carbons (Fsp3) is 0. The molecule has 6 aromatic carbocycles. The molecular weight excluding hydrogens is 534 g/mol. The number of benzene rings is 6. The number of anilines is 3. The van der Waals surface area contributed by atoms with E-state index in [2.05, 4.69) is 166 Å². The van der Waals surface area contributed by atoms with Crippen LogP contribution in [-0.2, 0) is 0 Å². The summed E-state index contributed by atoms with van der Waals surface area (Å²) in [6, 6.07) is 58.2. The van der Waals surface area contributed by atoms with Crippen molar-refractivity contribution in [3.63, 3.8) is 0 Å². The van der Waals surface area contributed by atoms with Gasteiger partial charge in [-0.25, -0.2) is 0 Å². The average molecular weight is 564 g/mol. The van der Waals surface area contributed by atoms with Crippen LogP contribution in [0.25, 0.3) is 49.7 Å². The van der Waals surface area contributed by atoms with Crippen molar-refractivity contribution < 1.29 is 0 Å². The van der Waals surface area contributed by atoms with E-state index in [1.807, 2.05) is 24.5 Å². The van der Waals surface area contributed by atoms with Crippen LogP contribution in [0, 0.1) is 0 Å². The number of fused-ring (bicyclic) bond motifs is 3. The van der Waals surface area contributed by atoms with Gasteiger partial charge in [0.25, 0.3) is 0 Å². The van der Waals surface area contributed by atoms with Gasteiger partial charge in [-0.1, -0.05) is 97.1 Å². The highest BCUT2D eigenvalue weighted by molar-refractivity contribution is 6.10. The van der Waals surface area contributed by atoms with E-state index < -0.39 is 0 Å². The van der Waals surface area contributed by atoms with Crippen LogP contribution in [0.5, 0.6) is 0 Å². The molecule has 3 heteroatoms. The topological polar surface area (TPSA) is 21.1 Å². The Hall–Kier alpha value is -5.93. The summed E-state index contributed by atoms with van der Waals surface area (Å²) in [5, 5.41) is 2.51. The largest absolute Gasteiger partial charge is 0.309 e. The molecule has 0 spiro atoms. The van der Waals surface area contributed by atoms with E-state index in [4.69, 9.17) is 0 Å². The fourth-order valence-corrected chi connectivity index (χ4v) is 6.18. The zero-order valence-electron chi connectivity index (χ0n) is 24.1. The normalized spacial score (nSPS) is 11.2. The van der Waals surface area contributed by atoms with E-state index in [0.29, 0.717) is 0 Å². The lowest BCUT2D eigenvalue weighted by atomic mass is 10.0. The second kappa shape index (κ2) is 11.0. The number of nitrogens with zero attached hydrogens (tertiary/aromatic N) is 3. The molecule has 0 saturated heterocycles. The highest BCUT2D eigenvalue weighted by Gasteiger charge is 2.15. The van der Waals surface area contributed by atoms with Crippen molar-refractivity contribution in [2.45, 2.75) is 0 Å². The number of aromatic nitrogens is 2. The molecule has 2 heterocycles. The molecule has 0 radical (unpaired) electrons. The standard InChI is InChI=1S/C41H29N3/c1-3-10-30(11-4-1)31-17-22-35(23-18-31)43(37-14-9-27-42-29-37)36-24-19-32(20-25-36)33-21-26-41-39(28-33)38-15-7-8-16-40(38)44(41)34-12-5-2-6-13-34/h1-29H. The highest BCUT2D eigenvalue weighted by atomic mass is 15.1. The maximum absolute atomic E-state index is 4.42. The number of rotatable bonds is 6. The van der Waals surface area contributed by atoms with Crippen LogP contribution in [0.2, 0.25) is 0 Å². The van der Waals surface area contributed by atoms with Crippen LogP contribution in [0.3, 0.4) is 0 Å². The van der Waals surface area contributed by atoms with Crippen molar-refractivity contribution in [1.82, 2.24) is 9.55 Å². The van der Waals surface area contributed by atoms with Gasteiger partial charge < -0.3 is 9.47 Å². The Labute approximate surface area is 256 Å². The molecule has 0 saturated carbocycles. The fourth-order valence-electron chi connectivity index (χ4n) is 6.18. The maximum Gasteiger partial charge on any atom is 0.0644 e. The van der Waals surface area contributed by atoms with Crippen molar-refractivity contribution in [2.75, 3.05) is 4.90 Å². The molecule has 0 aliphatic rings. The van der Waals surface area contributed by atoms with Gasteiger partial charge in [0.05, 0.1) is 22.9 Å². The summed E-state index contributed by atoms with van der Waals surface area (Å²) >= 11 is 0. The number of hydrogen-bond donors (Lipinski definition) is 0. The number of hydrogen-bond acceptors (Lipinski definition) is 2. The van der Waals surface area contributed by atoms with Gasteiger partial charge in [-0.15, -0.1) is 0 Å². The SMILES string of the molecule is c1ccc(-c2ccc(N(c3ccc(-c4ccc5c(c4)c4ccccc4n5-c4ccccc4)cc3)c3cccnc3)cc2)cc1. The molecule has 0 aliphatic carbocycles. The van der Waals surface area contributed by atoms with Crippen molar-refractivity contribution in [1.29, 1.82) is 0 Å². The summed E-state index contributed by atoms with van der Waals surface area (Å²) < 4.78 is 2.35. The molecule has 2 aromatic heterocycles. The first kappa shape index (κ1) is 25.8. The van der Waals surface area contributed by atoms with Crippen LogP contribution in [0.1, 0.15) is 0 Å². The third kappa shape index (κ3) is 4.61. The van der Waals surface area contributed by atoms with Crippen molar-refractivity contribution in [3.8, 4) is 27.9 Å². The Morgan fingerprint density at radius 2 is 0.977 bits per heavy atom.